The van der Waals surface area contributed by atoms with Crippen molar-refractivity contribution in [2.24, 2.45) is 0 Å². The molecule has 6 aromatic carbocycles. The minimum absolute atomic E-state index is 0.216. The lowest BCUT2D eigenvalue weighted by Crippen LogP contribution is -2.43. The Labute approximate surface area is 366 Å². The number of amides is 2. The van der Waals surface area contributed by atoms with Crippen molar-refractivity contribution in [2.45, 2.75) is 13.0 Å². The van der Waals surface area contributed by atoms with Gasteiger partial charge in [-0.1, -0.05) is 81.7 Å². The fraction of sp³-hybridized carbons (Fsp3) is 0.0930. The number of anilines is 2. The van der Waals surface area contributed by atoms with Crippen molar-refractivity contribution in [2.75, 3.05) is 19.1 Å². The molecule has 0 saturated heterocycles. The topological polar surface area (TPSA) is 85.7 Å². The molecule has 1 N–H and O–H groups in total. The molecule has 1 aliphatic heterocycles. The van der Waals surface area contributed by atoms with Crippen LogP contribution in [0.3, 0.4) is 0 Å². The third-order valence-corrected chi connectivity index (χ3v) is 11.3. The van der Waals surface area contributed by atoms with Crippen LogP contribution in [-0.4, -0.2) is 29.8 Å². The summed E-state index contributed by atoms with van der Waals surface area (Å²) in [4.78, 5) is 31.1. The first-order valence-corrected chi connectivity index (χ1v) is 19.7. The van der Waals surface area contributed by atoms with E-state index in [1.54, 1.807) is 72.8 Å². The molecular formula is C43H28Cl6F2N4O4. The van der Waals surface area contributed by atoms with Crippen molar-refractivity contribution < 1.29 is 23.0 Å². The van der Waals surface area contributed by atoms with Gasteiger partial charge in [0.15, 0.2) is 0 Å². The van der Waals surface area contributed by atoms with E-state index in [2.05, 4.69) is 10.3 Å². The monoisotopic (exact) mass is 912 g/mol. The van der Waals surface area contributed by atoms with Crippen molar-refractivity contribution >= 4 is 97.9 Å². The SMILES string of the molecule is COc1cc(-c2ccc(F)cc2Cl)c2c(c1)N(c1c(Cl)cccc1Cl)C(=O)NC2C.COc1cc(-c2ccc(F)cc2Cl)c2cnc(=O)n(-c3c(Cl)cccc3Cl)c2c1. The highest BCUT2D eigenvalue weighted by molar-refractivity contribution is 6.40. The van der Waals surface area contributed by atoms with Crippen molar-refractivity contribution in [3.63, 3.8) is 0 Å². The van der Waals surface area contributed by atoms with Crippen LogP contribution in [0.2, 0.25) is 30.1 Å². The molecule has 300 valence electrons. The number of carbonyl (C=O) groups excluding carboxylic acids is 1. The minimum atomic E-state index is -0.558. The molecule has 1 unspecified atom stereocenters. The lowest BCUT2D eigenvalue weighted by atomic mass is 9.91. The maximum Gasteiger partial charge on any atom is 0.352 e. The molecule has 0 saturated carbocycles. The number of urea groups is 1. The van der Waals surface area contributed by atoms with E-state index in [0.717, 1.165) is 5.56 Å². The number of hydrogen-bond donors (Lipinski definition) is 1. The van der Waals surface area contributed by atoms with Gasteiger partial charge in [0.05, 0.1) is 73.0 Å². The van der Waals surface area contributed by atoms with Gasteiger partial charge in [-0.05, 0) is 90.8 Å². The third-order valence-electron chi connectivity index (χ3n) is 9.45. The molecule has 1 aromatic heterocycles. The molecule has 0 spiro atoms. The molecule has 16 heteroatoms. The van der Waals surface area contributed by atoms with E-state index in [1.165, 1.54) is 54.1 Å². The number of carbonyl (C=O) groups is 1. The van der Waals surface area contributed by atoms with E-state index in [1.807, 2.05) is 6.92 Å². The zero-order valence-electron chi connectivity index (χ0n) is 30.9. The fourth-order valence-electron chi connectivity index (χ4n) is 6.84. The van der Waals surface area contributed by atoms with E-state index in [9.17, 15) is 18.4 Å². The number of rotatable bonds is 6. The number of aromatic nitrogens is 2. The first kappa shape index (κ1) is 42.1. The highest BCUT2D eigenvalue weighted by Crippen LogP contribution is 2.48. The van der Waals surface area contributed by atoms with Crippen LogP contribution in [0.4, 0.5) is 25.0 Å². The molecular weight excluding hydrogens is 887 g/mol. The molecule has 0 aliphatic carbocycles. The Hall–Kier alpha value is -5.07. The van der Waals surface area contributed by atoms with E-state index < -0.39 is 17.3 Å². The summed E-state index contributed by atoms with van der Waals surface area (Å²) in [7, 11) is 3.03. The second-order valence-corrected chi connectivity index (χ2v) is 15.4. The van der Waals surface area contributed by atoms with Crippen molar-refractivity contribution in [3.8, 4) is 39.4 Å². The van der Waals surface area contributed by atoms with Gasteiger partial charge >= 0.3 is 11.7 Å². The maximum atomic E-state index is 13.6. The van der Waals surface area contributed by atoms with Crippen LogP contribution in [0.5, 0.6) is 11.5 Å². The molecule has 0 radical (unpaired) electrons. The summed E-state index contributed by atoms with van der Waals surface area (Å²) in [6, 6.07) is 24.5. The lowest BCUT2D eigenvalue weighted by molar-refractivity contribution is 0.244. The molecule has 0 bridgehead atoms. The average Bonchev–Trinajstić information content (AvgIpc) is 3.19. The molecule has 8 rings (SSSR count). The number of nitrogens with one attached hydrogen (secondary N) is 1. The summed E-state index contributed by atoms with van der Waals surface area (Å²) in [5.41, 5.74) is 4.40. The smallest absolute Gasteiger partial charge is 0.352 e. The van der Waals surface area contributed by atoms with E-state index in [4.69, 9.17) is 79.1 Å². The Bertz CT molecular complexity index is 2840. The Balaban J connectivity index is 0.000000179. The van der Waals surface area contributed by atoms with Crippen LogP contribution in [0.1, 0.15) is 18.5 Å². The molecule has 7 aromatic rings. The van der Waals surface area contributed by atoms with E-state index in [-0.39, 0.29) is 32.2 Å². The van der Waals surface area contributed by atoms with Crippen LogP contribution < -0.4 is 25.4 Å². The number of fused-ring (bicyclic) bond motifs is 2. The molecule has 0 fully saturated rings. The number of ether oxygens (including phenoxy) is 2. The number of halogens is 8. The number of nitrogens with zero attached hydrogens (tertiary/aromatic N) is 3. The maximum absolute atomic E-state index is 13.6. The van der Waals surface area contributed by atoms with Crippen LogP contribution in [0, 0.1) is 11.6 Å². The van der Waals surface area contributed by atoms with Crippen LogP contribution >= 0.6 is 69.6 Å². The van der Waals surface area contributed by atoms with Gasteiger partial charge in [0.25, 0.3) is 0 Å². The van der Waals surface area contributed by atoms with Gasteiger partial charge in [0, 0.05) is 40.4 Å². The predicted molar refractivity (Wildman–Crippen MR) is 233 cm³/mol. The van der Waals surface area contributed by atoms with Gasteiger partial charge in [0.1, 0.15) is 23.1 Å². The van der Waals surface area contributed by atoms with Crippen molar-refractivity contribution in [1.29, 1.82) is 0 Å². The number of para-hydroxylation sites is 2. The van der Waals surface area contributed by atoms with Gasteiger partial charge in [-0.2, -0.15) is 0 Å². The fourth-order valence-corrected chi connectivity index (χ4v) is 8.51. The summed E-state index contributed by atoms with van der Waals surface area (Å²) >= 11 is 38.1. The quantitative estimate of drug-likeness (QED) is 0.180. The molecule has 2 heterocycles. The van der Waals surface area contributed by atoms with Gasteiger partial charge in [-0.15, -0.1) is 0 Å². The summed E-state index contributed by atoms with van der Waals surface area (Å²) in [5.74, 6) is 0.0739. The van der Waals surface area contributed by atoms with Crippen molar-refractivity contribution in [3.05, 3.63) is 161 Å². The Morgan fingerprint density at radius 1 is 0.627 bits per heavy atom. The molecule has 8 nitrogen and oxygen atoms in total. The summed E-state index contributed by atoms with van der Waals surface area (Å²) in [5, 5.41) is 5.21. The largest absolute Gasteiger partial charge is 0.497 e. The highest BCUT2D eigenvalue weighted by atomic mass is 35.5. The molecule has 1 aliphatic rings. The summed E-state index contributed by atoms with van der Waals surface area (Å²) in [6.07, 6.45) is 1.44. The van der Waals surface area contributed by atoms with E-state index >= 15 is 0 Å². The number of benzene rings is 6. The standard InChI is InChI=1S/C22H16Cl3FN2O2.C21H12Cl3FN2O2/c1-11-20-15(14-7-6-12(26)8-18(14)25)9-13(30-2)10-19(20)28(22(29)27-11)21-16(23)4-3-5-17(21)24;1-29-12-8-14(13-6-5-11(25)7-18(13)24)15-10-26-21(28)27(19(15)9-12)20-16(22)3-2-4-17(20)23/h3-11H,1-2H3,(H,27,29);2-10H,1H3. The molecule has 2 amide bonds. The normalized spacial score (nSPS) is 13.4. The van der Waals surface area contributed by atoms with E-state index in [0.29, 0.717) is 71.8 Å². The first-order valence-electron chi connectivity index (χ1n) is 17.4. The summed E-state index contributed by atoms with van der Waals surface area (Å²) in [6.45, 7) is 1.86. The average molecular weight is 915 g/mol. The predicted octanol–water partition coefficient (Wildman–Crippen LogP) is 13.5. The number of hydrogen-bond acceptors (Lipinski definition) is 5. The van der Waals surface area contributed by atoms with Gasteiger partial charge < -0.3 is 14.8 Å². The summed E-state index contributed by atoms with van der Waals surface area (Å²) < 4.78 is 39.4. The second kappa shape index (κ2) is 17.3. The van der Waals surface area contributed by atoms with Gasteiger partial charge in [-0.25, -0.2) is 23.4 Å². The Morgan fingerprint density at radius 3 is 1.68 bits per heavy atom. The second-order valence-electron chi connectivity index (χ2n) is 13.0. The minimum Gasteiger partial charge on any atom is -0.497 e. The Kier molecular flexibility index (Phi) is 12.3. The Morgan fingerprint density at radius 2 is 1.14 bits per heavy atom. The lowest BCUT2D eigenvalue weighted by Gasteiger charge is -2.36. The first-order chi connectivity index (χ1) is 28.2. The zero-order valence-corrected chi connectivity index (χ0v) is 35.4. The number of methoxy groups -OCH3 is 2. The third kappa shape index (κ3) is 8.13. The van der Waals surface area contributed by atoms with Crippen LogP contribution in [0.15, 0.2) is 108 Å². The van der Waals surface area contributed by atoms with Gasteiger partial charge in [0.2, 0.25) is 0 Å². The molecule has 59 heavy (non-hydrogen) atoms. The van der Waals surface area contributed by atoms with Crippen LogP contribution in [0.25, 0.3) is 38.8 Å². The van der Waals surface area contributed by atoms with Crippen molar-refractivity contribution in [1.82, 2.24) is 14.9 Å². The zero-order chi connectivity index (χ0) is 42.3. The highest BCUT2D eigenvalue weighted by Gasteiger charge is 2.35. The van der Waals surface area contributed by atoms with Gasteiger partial charge in [-0.3, -0.25) is 9.47 Å². The molecule has 1 atom stereocenters. The van der Waals surface area contributed by atoms with Crippen LogP contribution in [-0.2, 0) is 0 Å².